The molecule has 0 bridgehead atoms. The quantitative estimate of drug-likeness (QED) is 0.0720. The topological polar surface area (TPSA) is 178 Å². The van der Waals surface area contributed by atoms with Crippen LogP contribution in [0.2, 0.25) is 5.02 Å². The van der Waals surface area contributed by atoms with E-state index < -0.39 is 41.4 Å². The average molecular weight is 852 g/mol. The van der Waals surface area contributed by atoms with Gasteiger partial charge in [0.05, 0.1) is 34.0 Å². The molecule has 318 valence electrons. The number of imide groups is 2. The molecule has 61 heavy (non-hydrogen) atoms. The van der Waals surface area contributed by atoms with Gasteiger partial charge >= 0.3 is 0 Å². The van der Waals surface area contributed by atoms with Crippen molar-refractivity contribution in [2.45, 2.75) is 57.0 Å². The maximum absolute atomic E-state index is 13.7. The van der Waals surface area contributed by atoms with Crippen LogP contribution in [0.4, 0.5) is 27.3 Å². The third kappa shape index (κ3) is 9.36. The summed E-state index contributed by atoms with van der Waals surface area (Å²) in [6.07, 6.45) is 7.79. The number of carbonyl (C=O) groups excluding carboxylic acids is 5. The molecule has 2 atom stereocenters. The molecular formula is C44H47ClFN9O6. The molecule has 5 heterocycles. The van der Waals surface area contributed by atoms with Gasteiger partial charge in [0.15, 0.2) is 0 Å². The van der Waals surface area contributed by atoms with E-state index in [9.17, 15) is 28.4 Å². The standard InChI is InChI=1S/C44H47ClFN9O6/c1-2-39(56)51-36-21-32-35(48-25-49-41(32)50-27-6-9-34(46)33(45)19-27)22-38(36)61-18-4-14-53-16-12-26(13-17-53)23-47-28-5-3-15-54(24-28)29-7-8-30-31(20-29)44(60)55(43(30)59)37-10-11-40(57)52-42(37)58/h2,6-9,19-22,25-26,28,37,47H,1,3-5,10-18,23-24H2,(H,51,56)(H,48,49,50)(H,52,57,58)/t28-,37?/m1/s1. The summed E-state index contributed by atoms with van der Waals surface area (Å²) in [5.74, 6) is -1.45. The molecule has 0 saturated carbocycles. The van der Waals surface area contributed by atoms with E-state index in [2.05, 4.69) is 47.6 Å². The van der Waals surface area contributed by atoms with Gasteiger partial charge in [0, 0.05) is 54.9 Å². The van der Waals surface area contributed by atoms with E-state index in [-0.39, 0.29) is 29.5 Å². The number of amides is 5. The summed E-state index contributed by atoms with van der Waals surface area (Å²) in [7, 11) is 0. The van der Waals surface area contributed by atoms with Gasteiger partial charge in [0.2, 0.25) is 17.7 Å². The monoisotopic (exact) mass is 851 g/mol. The van der Waals surface area contributed by atoms with Crippen molar-refractivity contribution in [1.82, 2.24) is 30.4 Å². The minimum Gasteiger partial charge on any atom is -0.491 e. The zero-order chi connectivity index (χ0) is 42.6. The Hall–Kier alpha value is -5.97. The van der Waals surface area contributed by atoms with Crippen LogP contribution in [0, 0.1) is 11.7 Å². The number of benzene rings is 3. The Kier molecular flexibility index (Phi) is 12.6. The minimum atomic E-state index is -0.985. The van der Waals surface area contributed by atoms with Crippen molar-refractivity contribution in [2.75, 3.05) is 61.4 Å². The van der Waals surface area contributed by atoms with Crippen LogP contribution in [0.1, 0.15) is 65.7 Å². The van der Waals surface area contributed by atoms with E-state index in [1.165, 1.54) is 24.5 Å². The average Bonchev–Trinajstić information content (AvgIpc) is 3.51. The van der Waals surface area contributed by atoms with E-state index in [0.717, 1.165) is 82.0 Å². The number of ether oxygens (including phenoxy) is 1. The van der Waals surface area contributed by atoms with Crippen LogP contribution in [-0.4, -0.2) is 107 Å². The number of anilines is 4. The third-order valence-corrected chi connectivity index (χ3v) is 12.1. The molecular weight excluding hydrogens is 805 g/mol. The van der Waals surface area contributed by atoms with Crippen LogP contribution in [0.15, 0.2) is 67.5 Å². The first-order chi connectivity index (χ1) is 29.5. The molecule has 4 aliphatic rings. The molecule has 0 radical (unpaired) electrons. The zero-order valence-corrected chi connectivity index (χ0v) is 34.3. The summed E-state index contributed by atoms with van der Waals surface area (Å²) >= 11 is 5.98. The normalized spacial score (nSPS) is 19.8. The van der Waals surface area contributed by atoms with Gasteiger partial charge in [-0.2, -0.15) is 0 Å². The van der Waals surface area contributed by atoms with Crippen molar-refractivity contribution in [2.24, 2.45) is 5.92 Å². The molecule has 3 saturated heterocycles. The van der Waals surface area contributed by atoms with Crippen molar-refractivity contribution in [1.29, 1.82) is 0 Å². The van der Waals surface area contributed by atoms with Gasteiger partial charge < -0.3 is 30.5 Å². The van der Waals surface area contributed by atoms with Crippen LogP contribution in [0.5, 0.6) is 5.75 Å². The van der Waals surface area contributed by atoms with Gasteiger partial charge in [-0.15, -0.1) is 0 Å². The molecule has 3 aromatic carbocycles. The predicted octanol–water partition coefficient (Wildman–Crippen LogP) is 5.43. The summed E-state index contributed by atoms with van der Waals surface area (Å²) < 4.78 is 20.0. The lowest BCUT2D eigenvalue weighted by atomic mass is 9.95. The number of nitrogens with zero attached hydrogens (tertiary/aromatic N) is 5. The molecule has 0 aliphatic carbocycles. The van der Waals surface area contributed by atoms with Crippen molar-refractivity contribution in [3.05, 3.63) is 89.5 Å². The van der Waals surface area contributed by atoms with Gasteiger partial charge in [-0.3, -0.25) is 34.2 Å². The van der Waals surface area contributed by atoms with E-state index >= 15 is 0 Å². The van der Waals surface area contributed by atoms with Crippen LogP contribution in [0.3, 0.4) is 0 Å². The Bertz CT molecular complexity index is 2390. The van der Waals surface area contributed by atoms with Crippen molar-refractivity contribution in [3.63, 3.8) is 0 Å². The first kappa shape index (κ1) is 41.8. The number of nitrogens with one attached hydrogen (secondary N) is 4. The SMILES string of the molecule is C=CC(=O)Nc1cc2c(Nc3ccc(F)c(Cl)c3)ncnc2cc1OCCCN1CCC(CN[C@@H]2CCCN(c3ccc4c(c3)C(=O)N(C3CCC(=O)NC3=O)C4=O)C2)CC1. The smallest absolute Gasteiger partial charge is 0.262 e. The molecule has 4 N–H and O–H groups in total. The third-order valence-electron chi connectivity index (χ3n) is 11.9. The number of hydrogen-bond acceptors (Lipinski definition) is 12. The highest BCUT2D eigenvalue weighted by Gasteiger charge is 2.45. The minimum absolute atomic E-state index is 0.0248. The second-order valence-electron chi connectivity index (χ2n) is 15.9. The molecule has 17 heteroatoms. The van der Waals surface area contributed by atoms with Crippen molar-refractivity contribution < 1.29 is 33.1 Å². The second-order valence-corrected chi connectivity index (χ2v) is 16.3. The van der Waals surface area contributed by atoms with Crippen LogP contribution in [0.25, 0.3) is 10.9 Å². The lowest BCUT2D eigenvalue weighted by Gasteiger charge is -2.37. The lowest BCUT2D eigenvalue weighted by molar-refractivity contribution is -0.136. The fourth-order valence-corrected chi connectivity index (χ4v) is 8.73. The Morgan fingerprint density at radius 3 is 2.59 bits per heavy atom. The molecule has 4 aromatic rings. The fourth-order valence-electron chi connectivity index (χ4n) is 8.55. The molecule has 8 rings (SSSR count). The molecule has 15 nitrogen and oxygen atoms in total. The highest BCUT2D eigenvalue weighted by atomic mass is 35.5. The highest BCUT2D eigenvalue weighted by molar-refractivity contribution is 6.31. The number of likely N-dealkylation sites (tertiary alicyclic amines) is 1. The predicted molar refractivity (Wildman–Crippen MR) is 229 cm³/mol. The maximum Gasteiger partial charge on any atom is 0.262 e. The van der Waals surface area contributed by atoms with E-state index in [1.54, 1.807) is 30.3 Å². The molecule has 1 unspecified atom stereocenters. The van der Waals surface area contributed by atoms with Gasteiger partial charge in [0.1, 0.15) is 29.8 Å². The summed E-state index contributed by atoms with van der Waals surface area (Å²) in [5.41, 5.74) is 3.03. The number of rotatable bonds is 14. The lowest BCUT2D eigenvalue weighted by Crippen LogP contribution is -2.54. The van der Waals surface area contributed by atoms with Crippen LogP contribution >= 0.6 is 11.6 Å². The fraction of sp³-hybridized carbons (Fsp3) is 0.386. The number of carbonyl (C=O) groups is 5. The Morgan fingerprint density at radius 1 is 0.984 bits per heavy atom. The van der Waals surface area contributed by atoms with E-state index in [0.29, 0.717) is 51.9 Å². The summed E-state index contributed by atoms with van der Waals surface area (Å²) in [6, 6.07) is 12.4. The van der Waals surface area contributed by atoms with Gasteiger partial charge in [0.25, 0.3) is 11.8 Å². The maximum atomic E-state index is 13.7. The Labute approximate surface area is 357 Å². The summed E-state index contributed by atoms with van der Waals surface area (Å²) in [6.45, 7) is 9.39. The largest absolute Gasteiger partial charge is 0.491 e. The van der Waals surface area contributed by atoms with Crippen molar-refractivity contribution in [3.8, 4) is 5.75 Å². The van der Waals surface area contributed by atoms with Crippen molar-refractivity contribution >= 4 is 74.9 Å². The summed E-state index contributed by atoms with van der Waals surface area (Å²) in [5, 5.41) is 12.6. The Balaban J connectivity index is 0.796. The Morgan fingerprint density at radius 2 is 1.80 bits per heavy atom. The van der Waals surface area contributed by atoms with Crippen LogP contribution < -0.4 is 30.9 Å². The zero-order valence-electron chi connectivity index (χ0n) is 33.6. The van der Waals surface area contributed by atoms with Crippen LogP contribution in [-0.2, 0) is 14.4 Å². The van der Waals surface area contributed by atoms with Gasteiger partial charge in [-0.25, -0.2) is 14.4 Å². The number of fused-ring (bicyclic) bond motifs is 2. The molecule has 3 fully saturated rings. The van der Waals surface area contributed by atoms with E-state index in [1.807, 2.05) is 6.07 Å². The first-order valence-electron chi connectivity index (χ1n) is 20.7. The molecule has 4 aliphatic heterocycles. The molecule has 0 spiro atoms. The summed E-state index contributed by atoms with van der Waals surface area (Å²) in [4.78, 5) is 77.6. The molecule has 5 amide bonds. The number of halogens is 2. The highest BCUT2D eigenvalue weighted by Crippen LogP contribution is 2.35. The number of hydrogen-bond donors (Lipinski definition) is 4. The van der Waals surface area contributed by atoms with Gasteiger partial charge in [-0.05, 0) is 113 Å². The molecule has 1 aromatic heterocycles. The van der Waals surface area contributed by atoms with Gasteiger partial charge in [-0.1, -0.05) is 18.2 Å². The number of piperidine rings is 3. The first-order valence-corrected chi connectivity index (χ1v) is 21.1. The van der Waals surface area contributed by atoms with E-state index in [4.69, 9.17) is 16.3 Å². The second kappa shape index (κ2) is 18.3. The number of aromatic nitrogens is 2.